The van der Waals surface area contributed by atoms with Gasteiger partial charge in [-0.15, -0.1) is 21.5 Å². The minimum atomic E-state index is -0.507. The number of rotatable bonds is 13. The summed E-state index contributed by atoms with van der Waals surface area (Å²) in [6.45, 7) is 6.77. The average Bonchev–Trinajstić information content (AvgIpc) is 3.51. The number of ether oxygens (including phenoxy) is 2. The molecule has 0 bridgehead atoms. The molecule has 1 aliphatic rings. The quantitative estimate of drug-likeness (QED) is 0.157. The molecule has 1 aromatic carbocycles. The Hall–Kier alpha value is -3.38. The predicted molar refractivity (Wildman–Crippen MR) is 160 cm³/mol. The van der Waals surface area contributed by atoms with Crippen molar-refractivity contribution in [2.75, 3.05) is 18.5 Å². The highest BCUT2D eigenvalue weighted by atomic mass is 32.2. The molecule has 0 saturated heterocycles. The first-order valence-corrected chi connectivity index (χ1v) is 15.7. The smallest absolute Gasteiger partial charge is 0.341 e. The molecule has 0 saturated carbocycles. The van der Waals surface area contributed by atoms with Crippen LogP contribution in [0.25, 0.3) is 0 Å². The number of carbonyl (C=O) groups excluding carboxylic acids is 3. The molecule has 4 rings (SSSR count). The van der Waals surface area contributed by atoms with Crippen molar-refractivity contribution in [1.29, 1.82) is 0 Å². The second-order valence-electron chi connectivity index (χ2n) is 9.75. The van der Waals surface area contributed by atoms with Crippen molar-refractivity contribution < 1.29 is 23.9 Å². The van der Waals surface area contributed by atoms with E-state index in [1.807, 2.05) is 0 Å². The molecule has 0 fully saturated rings. The highest BCUT2D eigenvalue weighted by molar-refractivity contribution is 8.00. The number of thioether (sulfide) groups is 1. The largest absolute Gasteiger partial charge is 0.494 e. The Bertz CT molecular complexity index is 1370. The Morgan fingerprint density at radius 3 is 2.61 bits per heavy atom. The number of aryl methyl sites for hydroxylation is 1. The van der Waals surface area contributed by atoms with Crippen LogP contribution in [0.4, 0.5) is 5.00 Å². The Morgan fingerprint density at radius 1 is 1.12 bits per heavy atom. The number of hydrogen-bond donors (Lipinski definition) is 2. The Labute approximate surface area is 248 Å². The molecule has 220 valence electrons. The van der Waals surface area contributed by atoms with Gasteiger partial charge in [0.25, 0.3) is 5.91 Å². The van der Waals surface area contributed by atoms with E-state index in [2.05, 4.69) is 27.8 Å². The van der Waals surface area contributed by atoms with Crippen LogP contribution < -0.4 is 15.4 Å². The molecule has 41 heavy (non-hydrogen) atoms. The molecule has 0 unspecified atom stereocenters. The summed E-state index contributed by atoms with van der Waals surface area (Å²) in [5.41, 5.74) is 2.02. The molecule has 1 aliphatic carbocycles. The first-order chi connectivity index (χ1) is 19.8. The fourth-order valence-corrected chi connectivity index (χ4v) is 6.51. The fourth-order valence-electron chi connectivity index (χ4n) is 4.40. The third-order valence-corrected chi connectivity index (χ3v) is 9.10. The van der Waals surface area contributed by atoms with E-state index in [4.69, 9.17) is 9.47 Å². The van der Waals surface area contributed by atoms with Gasteiger partial charge >= 0.3 is 5.97 Å². The predicted octanol–water partition coefficient (Wildman–Crippen LogP) is 5.16. The number of unbranched alkanes of at least 4 members (excludes halogenated alkanes) is 1. The molecule has 0 aliphatic heterocycles. The lowest BCUT2D eigenvalue weighted by molar-refractivity contribution is -0.115. The van der Waals surface area contributed by atoms with Crippen molar-refractivity contribution in [1.82, 2.24) is 20.1 Å². The number of fused-ring (bicyclic) bond motifs is 1. The first-order valence-electron chi connectivity index (χ1n) is 14.0. The minimum Gasteiger partial charge on any atom is -0.494 e. The molecule has 0 radical (unpaired) electrons. The van der Waals surface area contributed by atoms with E-state index in [0.717, 1.165) is 54.7 Å². The molecule has 2 N–H and O–H groups in total. The number of anilines is 1. The van der Waals surface area contributed by atoms with Gasteiger partial charge in [0, 0.05) is 17.5 Å². The number of amides is 2. The number of nitrogens with one attached hydrogen (secondary N) is 2. The molecule has 10 nitrogen and oxygen atoms in total. The van der Waals surface area contributed by atoms with Crippen molar-refractivity contribution in [3.05, 3.63) is 51.7 Å². The molecular weight excluding hydrogens is 562 g/mol. The summed E-state index contributed by atoms with van der Waals surface area (Å²) in [5.74, 6) is 0.436. The topological polar surface area (TPSA) is 124 Å². The summed E-state index contributed by atoms with van der Waals surface area (Å²) >= 11 is 2.72. The number of nitrogens with zero attached hydrogens (tertiary/aromatic N) is 3. The van der Waals surface area contributed by atoms with Gasteiger partial charge in [0.05, 0.1) is 30.6 Å². The van der Waals surface area contributed by atoms with E-state index < -0.39 is 11.2 Å². The van der Waals surface area contributed by atoms with Crippen molar-refractivity contribution >= 4 is 45.9 Å². The fraction of sp³-hybridized carbons (Fsp3) is 0.483. The highest BCUT2D eigenvalue weighted by Gasteiger charge is 2.28. The maximum atomic E-state index is 13.1. The van der Waals surface area contributed by atoms with Gasteiger partial charge in [-0.1, -0.05) is 25.1 Å². The van der Waals surface area contributed by atoms with E-state index in [0.29, 0.717) is 33.7 Å². The van der Waals surface area contributed by atoms with E-state index in [-0.39, 0.29) is 25.0 Å². The van der Waals surface area contributed by atoms with Gasteiger partial charge < -0.3 is 24.7 Å². The minimum absolute atomic E-state index is 0.182. The van der Waals surface area contributed by atoms with Gasteiger partial charge in [-0.05, 0) is 75.8 Å². The maximum Gasteiger partial charge on any atom is 0.341 e. The third kappa shape index (κ3) is 7.68. The van der Waals surface area contributed by atoms with Crippen molar-refractivity contribution in [2.45, 2.75) is 76.2 Å². The third-order valence-electron chi connectivity index (χ3n) is 6.75. The van der Waals surface area contributed by atoms with Gasteiger partial charge in [0.15, 0.2) is 11.0 Å². The van der Waals surface area contributed by atoms with E-state index >= 15 is 0 Å². The lowest BCUT2D eigenvalue weighted by Gasteiger charge is -2.13. The SMILES string of the molecule is CCCCOc1ccc(C(=O)NCc2nnc(S[C@H](C)C(=O)Nc3sc4c(c3C(=O)OCC)CCCC4)n2C)cc1. The molecule has 12 heteroatoms. The van der Waals surface area contributed by atoms with E-state index in [1.54, 1.807) is 49.7 Å². The zero-order valence-corrected chi connectivity index (χ0v) is 25.6. The first kappa shape index (κ1) is 30.6. The summed E-state index contributed by atoms with van der Waals surface area (Å²) in [7, 11) is 1.79. The van der Waals surface area contributed by atoms with Crippen LogP contribution in [0.2, 0.25) is 0 Å². The number of thiophene rings is 1. The molecule has 0 spiro atoms. The van der Waals surface area contributed by atoms with Crippen LogP contribution >= 0.6 is 23.1 Å². The lowest BCUT2D eigenvalue weighted by Crippen LogP contribution is -2.25. The van der Waals surface area contributed by atoms with Gasteiger partial charge in [-0.2, -0.15) is 0 Å². The Balaban J connectivity index is 1.34. The van der Waals surface area contributed by atoms with Gasteiger partial charge in [-0.25, -0.2) is 4.79 Å². The van der Waals surface area contributed by atoms with Crippen molar-refractivity contribution in [3.63, 3.8) is 0 Å². The van der Waals surface area contributed by atoms with Gasteiger partial charge in [-0.3, -0.25) is 9.59 Å². The highest BCUT2D eigenvalue weighted by Crippen LogP contribution is 2.39. The van der Waals surface area contributed by atoms with Crippen LogP contribution in [0.1, 0.15) is 83.4 Å². The summed E-state index contributed by atoms with van der Waals surface area (Å²) < 4.78 is 12.7. The van der Waals surface area contributed by atoms with Gasteiger partial charge in [0.1, 0.15) is 10.8 Å². The zero-order valence-electron chi connectivity index (χ0n) is 24.0. The van der Waals surface area contributed by atoms with Crippen LogP contribution in [0.5, 0.6) is 5.75 Å². The molecule has 3 aromatic rings. The summed E-state index contributed by atoms with van der Waals surface area (Å²) in [5, 5.41) is 14.8. The van der Waals surface area contributed by atoms with Crippen LogP contribution in [0.15, 0.2) is 29.4 Å². The van der Waals surface area contributed by atoms with Crippen LogP contribution in [0, 0.1) is 0 Å². The molecule has 1 atom stereocenters. The Morgan fingerprint density at radius 2 is 1.88 bits per heavy atom. The summed E-state index contributed by atoms with van der Waals surface area (Å²) in [6.07, 6.45) is 5.86. The van der Waals surface area contributed by atoms with E-state index in [9.17, 15) is 14.4 Å². The van der Waals surface area contributed by atoms with Crippen LogP contribution in [-0.2, 0) is 36.0 Å². The summed E-state index contributed by atoms with van der Waals surface area (Å²) in [6, 6.07) is 7.03. The second-order valence-corrected chi connectivity index (χ2v) is 12.2. The second kappa shape index (κ2) is 14.5. The van der Waals surface area contributed by atoms with Crippen LogP contribution in [-0.4, -0.2) is 51.0 Å². The number of carbonyl (C=O) groups is 3. The average molecular weight is 600 g/mol. The summed E-state index contributed by atoms with van der Waals surface area (Å²) in [4.78, 5) is 39.7. The molecular formula is C29H37N5O5S2. The maximum absolute atomic E-state index is 13.1. The zero-order chi connectivity index (χ0) is 29.4. The number of aromatic nitrogens is 3. The standard InChI is InChI=1S/C29H37N5O5S2/c1-5-7-16-39-20-14-12-19(13-15-20)26(36)30-17-23-32-33-29(34(23)4)40-18(3)25(35)31-27-24(28(37)38-6-2)21-10-8-9-11-22(21)41-27/h12-15,18H,5-11,16-17H2,1-4H3,(H,30,36)(H,31,35)/t18-/m1/s1. The Kier molecular flexibility index (Phi) is 10.8. The molecule has 2 heterocycles. The van der Waals surface area contributed by atoms with Gasteiger partial charge in [0.2, 0.25) is 5.91 Å². The number of benzene rings is 1. The number of esters is 1. The number of hydrogen-bond acceptors (Lipinski definition) is 9. The normalized spacial score (nSPS) is 13.3. The van der Waals surface area contributed by atoms with E-state index in [1.165, 1.54) is 23.1 Å². The lowest BCUT2D eigenvalue weighted by atomic mass is 9.95. The van der Waals surface area contributed by atoms with Crippen LogP contribution in [0.3, 0.4) is 0 Å². The monoisotopic (exact) mass is 599 g/mol. The molecule has 2 amide bonds. The van der Waals surface area contributed by atoms with Crippen molar-refractivity contribution in [2.24, 2.45) is 7.05 Å². The van der Waals surface area contributed by atoms with Crippen molar-refractivity contribution in [3.8, 4) is 5.75 Å². The molecule has 2 aromatic heterocycles.